The zero-order valence-electron chi connectivity index (χ0n) is 16.3. The molecule has 2 aliphatic rings. The molecule has 2 aromatic heterocycles. The van der Waals surface area contributed by atoms with Crippen LogP contribution in [0.2, 0.25) is 5.02 Å². The van der Waals surface area contributed by atoms with E-state index in [1.54, 1.807) is 18.2 Å². The van der Waals surface area contributed by atoms with Gasteiger partial charge in [0.2, 0.25) is 5.76 Å². The fraction of sp³-hybridized carbons (Fsp3) is 0.429. The van der Waals surface area contributed by atoms with Crippen molar-refractivity contribution in [1.29, 1.82) is 0 Å². The maximum absolute atomic E-state index is 12.6. The van der Waals surface area contributed by atoms with Crippen LogP contribution in [0.5, 0.6) is 0 Å². The van der Waals surface area contributed by atoms with Crippen molar-refractivity contribution >= 4 is 34.6 Å². The van der Waals surface area contributed by atoms with E-state index < -0.39 is 17.8 Å². The largest absolute Gasteiger partial charge is 0.449 e. The number of nitrogens with zero attached hydrogens (tertiary/aromatic N) is 2. The Balaban J connectivity index is 1.15. The molecule has 0 atom stereocenters. The van der Waals surface area contributed by atoms with E-state index in [0.29, 0.717) is 16.6 Å². The lowest BCUT2D eigenvalue weighted by Crippen LogP contribution is -2.59. The van der Waals surface area contributed by atoms with Crippen LogP contribution in [0.25, 0.3) is 11.1 Å². The number of nitrogens with one attached hydrogen (secondary N) is 1. The molecule has 2 fully saturated rings. The number of oxazole rings is 1. The Morgan fingerprint density at radius 1 is 1.16 bits per heavy atom. The second kappa shape index (κ2) is 7.19. The lowest BCUT2D eigenvalue weighted by molar-refractivity contribution is -0.153. The Labute approximate surface area is 180 Å². The summed E-state index contributed by atoms with van der Waals surface area (Å²) < 4.78 is 48.4. The van der Waals surface area contributed by atoms with Gasteiger partial charge < -0.3 is 19.1 Å². The topological polar surface area (TPSA) is 71.5 Å². The number of furan rings is 1. The normalized spacial score (nSPS) is 19.0. The van der Waals surface area contributed by atoms with Crippen molar-refractivity contribution in [3.63, 3.8) is 0 Å². The van der Waals surface area contributed by atoms with Gasteiger partial charge in [0, 0.05) is 29.6 Å². The highest BCUT2D eigenvalue weighted by Gasteiger charge is 2.47. The predicted molar refractivity (Wildman–Crippen MR) is 107 cm³/mol. The Bertz CT molecular complexity index is 1120. The van der Waals surface area contributed by atoms with Gasteiger partial charge in [-0.1, -0.05) is 11.6 Å². The molecule has 3 aromatic rings. The standard InChI is InChI=1S/C21H19ClF3N3O3/c22-12-1-2-15-14(9-12)27-19(31-15)28-10-20(11-28)7-5-13(6-8-20)26-18(29)16-3-4-17(30-16)21(23,24)25/h1-4,9,13H,5-8,10-11H2,(H,26,29). The molecule has 0 radical (unpaired) electrons. The lowest BCUT2D eigenvalue weighted by Gasteiger charge is -2.52. The third-order valence-corrected chi connectivity index (χ3v) is 6.39. The van der Waals surface area contributed by atoms with Crippen molar-refractivity contribution in [3.05, 3.63) is 46.9 Å². The number of hydrogen-bond donors (Lipinski definition) is 1. The number of hydrogen-bond acceptors (Lipinski definition) is 5. The minimum atomic E-state index is -4.60. The van der Waals surface area contributed by atoms with Gasteiger partial charge in [-0.05, 0) is 56.0 Å². The van der Waals surface area contributed by atoms with Crippen molar-refractivity contribution < 1.29 is 26.8 Å². The lowest BCUT2D eigenvalue weighted by atomic mass is 9.67. The van der Waals surface area contributed by atoms with E-state index in [4.69, 9.17) is 16.0 Å². The average molecular weight is 454 g/mol. The fourth-order valence-electron chi connectivity index (χ4n) is 4.48. The summed E-state index contributed by atoms with van der Waals surface area (Å²) >= 11 is 6.00. The molecule has 1 amide bonds. The number of carbonyl (C=O) groups excluding carboxylic acids is 1. The van der Waals surface area contributed by atoms with Crippen molar-refractivity contribution in [2.24, 2.45) is 5.41 Å². The second-order valence-electron chi connectivity index (χ2n) is 8.37. The van der Waals surface area contributed by atoms with Crippen LogP contribution in [0.15, 0.2) is 39.2 Å². The van der Waals surface area contributed by atoms with Crippen LogP contribution < -0.4 is 10.2 Å². The number of carbonyl (C=O) groups is 1. The molecule has 31 heavy (non-hydrogen) atoms. The number of halogens is 4. The number of amides is 1. The van der Waals surface area contributed by atoms with Gasteiger partial charge >= 0.3 is 6.18 Å². The Morgan fingerprint density at radius 3 is 2.58 bits per heavy atom. The molecule has 164 valence electrons. The molecule has 1 aliphatic heterocycles. The summed E-state index contributed by atoms with van der Waals surface area (Å²) in [5, 5.41) is 3.40. The van der Waals surface area contributed by atoms with Crippen LogP contribution in [0.3, 0.4) is 0 Å². The molecule has 5 rings (SSSR count). The molecule has 6 nitrogen and oxygen atoms in total. The number of anilines is 1. The van der Waals surface area contributed by atoms with Crippen molar-refractivity contribution in [2.45, 2.75) is 37.9 Å². The van der Waals surface area contributed by atoms with Gasteiger partial charge in [-0.2, -0.15) is 18.2 Å². The van der Waals surface area contributed by atoms with Gasteiger partial charge in [0.1, 0.15) is 5.52 Å². The number of alkyl halides is 3. The predicted octanol–water partition coefficient (Wildman–Crippen LogP) is 5.27. The molecule has 1 spiro atoms. The molecule has 10 heteroatoms. The van der Waals surface area contributed by atoms with E-state index in [-0.39, 0.29) is 17.2 Å². The molecular formula is C21H19ClF3N3O3. The maximum atomic E-state index is 12.6. The fourth-order valence-corrected chi connectivity index (χ4v) is 4.65. The first-order valence-electron chi connectivity index (χ1n) is 10.00. The van der Waals surface area contributed by atoms with Crippen LogP contribution in [0.4, 0.5) is 19.2 Å². The highest BCUT2D eigenvalue weighted by Crippen LogP contribution is 2.46. The SMILES string of the molecule is O=C(NC1CCC2(CC1)CN(c1nc3cc(Cl)ccc3o1)C2)c1ccc(C(F)(F)F)o1. The number of benzene rings is 1. The summed E-state index contributed by atoms with van der Waals surface area (Å²) in [6, 6.07) is 7.65. The van der Waals surface area contributed by atoms with Crippen LogP contribution in [0, 0.1) is 5.41 Å². The van der Waals surface area contributed by atoms with E-state index in [1.165, 1.54) is 0 Å². The first kappa shape index (κ1) is 20.2. The summed E-state index contributed by atoms with van der Waals surface area (Å²) in [5.74, 6) is -2.11. The van der Waals surface area contributed by atoms with E-state index in [1.807, 2.05) is 0 Å². The number of rotatable bonds is 3. The maximum Gasteiger partial charge on any atom is 0.449 e. The van der Waals surface area contributed by atoms with E-state index in [0.717, 1.165) is 56.4 Å². The number of aromatic nitrogens is 1. The molecule has 0 unspecified atom stereocenters. The number of fused-ring (bicyclic) bond motifs is 1. The van der Waals surface area contributed by atoms with E-state index in [2.05, 4.69) is 19.6 Å². The van der Waals surface area contributed by atoms with Gasteiger partial charge in [-0.25, -0.2) is 0 Å². The third-order valence-electron chi connectivity index (χ3n) is 6.15. The third kappa shape index (κ3) is 3.86. The first-order valence-corrected chi connectivity index (χ1v) is 10.4. The summed E-state index contributed by atoms with van der Waals surface area (Å²) in [7, 11) is 0. The first-order chi connectivity index (χ1) is 14.7. The van der Waals surface area contributed by atoms with Crippen LogP contribution in [0.1, 0.15) is 42.0 Å². The minimum absolute atomic E-state index is 0.0851. The second-order valence-corrected chi connectivity index (χ2v) is 8.81. The van der Waals surface area contributed by atoms with Crippen LogP contribution in [-0.2, 0) is 6.18 Å². The zero-order valence-corrected chi connectivity index (χ0v) is 17.1. The van der Waals surface area contributed by atoms with Crippen molar-refractivity contribution in [2.75, 3.05) is 18.0 Å². The molecular weight excluding hydrogens is 435 g/mol. The Hall–Kier alpha value is -2.68. The monoisotopic (exact) mass is 453 g/mol. The van der Waals surface area contributed by atoms with E-state index >= 15 is 0 Å². The summed E-state index contributed by atoms with van der Waals surface area (Å²) in [6.07, 6.45) is -1.27. The Morgan fingerprint density at radius 2 is 1.90 bits per heavy atom. The van der Waals surface area contributed by atoms with Crippen molar-refractivity contribution in [3.8, 4) is 0 Å². The highest BCUT2D eigenvalue weighted by atomic mass is 35.5. The average Bonchev–Trinajstić information content (AvgIpc) is 3.33. The zero-order chi connectivity index (χ0) is 21.8. The van der Waals surface area contributed by atoms with Gasteiger partial charge in [-0.15, -0.1) is 0 Å². The van der Waals surface area contributed by atoms with E-state index in [9.17, 15) is 18.0 Å². The van der Waals surface area contributed by atoms with Gasteiger partial charge in [0.05, 0.1) is 0 Å². The summed E-state index contributed by atoms with van der Waals surface area (Å²) in [4.78, 5) is 18.8. The smallest absolute Gasteiger partial charge is 0.446 e. The van der Waals surface area contributed by atoms with Crippen LogP contribution in [-0.4, -0.2) is 30.0 Å². The van der Waals surface area contributed by atoms with Gasteiger partial charge in [0.25, 0.3) is 11.9 Å². The van der Waals surface area contributed by atoms with Crippen LogP contribution >= 0.6 is 11.6 Å². The minimum Gasteiger partial charge on any atom is -0.446 e. The molecule has 1 aromatic carbocycles. The molecule has 0 bridgehead atoms. The summed E-state index contributed by atoms with van der Waals surface area (Å²) in [6.45, 7) is 1.64. The summed E-state index contributed by atoms with van der Waals surface area (Å²) in [5.41, 5.74) is 1.56. The van der Waals surface area contributed by atoms with Crippen molar-refractivity contribution in [1.82, 2.24) is 10.3 Å². The quantitative estimate of drug-likeness (QED) is 0.584. The molecule has 1 saturated heterocycles. The van der Waals surface area contributed by atoms with Gasteiger partial charge in [0.15, 0.2) is 11.3 Å². The molecule has 3 heterocycles. The Kier molecular flexibility index (Phi) is 4.69. The molecule has 1 N–H and O–H groups in total. The highest BCUT2D eigenvalue weighted by molar-refractivity contribution is 6.31. The molecule has 1 saturated carbocycles. The molecule has 1 aliphatic carbocycles. The van der Waals surface area contributed by atoms with Gasteiger partial charge in [-0.3, -0.25) is 4.79 Å².